The Kier molecular flexibility index (Phi) is 7.66. The number of ether oxygens (including phenoxy) is 2. The summed E-state index contributed by atoms with van der Waals surface area (Å²) in [6, 6.07) is 7.32. The minimum absolute atomic E-state index is 0.0214. The second kappa shape index (κ2) is 10.4. The maximum absolute atomic E-state index is 12.1. The first-order valence-electron chi connectivity index (χ1n) is 9.93. The molecule has 1 aromatic carbocycles. The first-order valence-corrected chi connectivity index (χ1v) is 10.8. The Hall–Kier alpha value is -2.38. The van der Waals surface area contributed by atoms with E-state index in [9.17, 15) is 9.59 Å². The molecule has 0 spiro atoms. The van der Waals surface area contributed by atoms with E-state index in [0.717, 1.165) is 26.1 Å². The number of Topliss-reactive ketones (excluding diaryl/α,β-unsaturated/α-hetero) is 1. The van der Waals surface area contributed by atoms with Crippen molar-refractivity contribution in [2.24, 2.45) is 0 Å². The normalized spacial score (nSPS) is 13.6. The van der Waals surface area contributed by atoms with Crippen LogP contribution in [-0.4, -0.2) is 49.9 Å². The molecule has 1 N–H and O–H groups in total. The van der Waals surface area contributed by atoms with E-state index in [1.807, 2.05) is 11.3 Å². The molecule has 0 radical (unpaired) electrons. The Bertz CT molecular complexity index is 849. The van der Waals surface area contributed by atoms with E-state index in [2.05, 4.69) is 21.7 Å². The smallest absolute Gasteiger partial charge is 0.220 e. The molecule has 1 amide bonds. The summed E-state index contributed by atoms with van der Waals surface area (Å²) in [5.74, 6) is 1.13. The lowest BCUT2D eigenvalue weighted by Crippen LogP contribution is -2.37. The maximum atomic E-state index is 12.1. The average Bonchev–Trinajstić information content (AvgIpc) is 3.19. The predicted octanol–water partition coefficient (Wildman–Crippen LogP) is 3.29. The van der Waals surface area contributed by atoms with Gasteiger partial charge in [-0.05, 0) is 55.0 Å². The van der Waals surface area contributed by atoms with Crippen LogP contribution in [-0.2, 0) is 17.8 Å². The summed E-state index contributed by atoms with van der Waals surface area (Å²) in [5.41, 5.74) is 2.01. The lowest BCUT2D eigenvalue weighted by atomic mass is 10.1. The van der Waals surface area contributed by atoms with Crippen LogP contribution in [0, 0.1) is 0 Å². The average molecular weight is 417 g/mol. The van der Waals surface area contributed by atoms with Gasteiger partial charge in [0.05, 0.1) is 13.7 Å². The molecular weight excluding hydrogens is 388 g/mol. The number of amides is 1. The number of fused-ring (bicyclic) bond motifs is 1. The zero-order valence-electron chi connectivity index (χ0n) is 17.0. The molecule has 1 aliphatic heterocycles. The quantitative estimate of drug-likeness (QED) is 0.476. The molecular formula is C22H28N2O4S. The number of benzene rings is 1. The molecule has 3 rings (SSSR count). The molecule has 0 saturated heterocycles. The van der Waals surface area contributed by atoms with Gasteiger partial charge in [-0.1, -0.05) is 0 Å². The number of hydrogen-bond donors (Lipinski definition) is 1. The van der Waals surface area contributed by atoms with E-state index in [-0.39, 0.29) is 11.7 Å². The number of hydrogen-bond acceptors (Lipinski definition) is 6. The highest BCUT2D eigenvalue weighted by Gasteiger charge is 2.16. The molecule has 0 bridgehead atoms. The largest absolute Gasteiger partial charge is 0.493 e. The van der Waals surface area contributed by atoms with Crippen LogP contribution < -0.4 is 14.8 Å². The summed E-state index contributed by atoms with van der Waals surface area (Å²) in [4.78, 5) is 27.4. The van der Waals surface area contributed by atoms with E-state index in [1.165, 1.54) is 17.4 Å². The highest BCUT2D eigenvalue weighted by Crippen LogP contribution is 2.28. The van der Waals surface area contributed by atoms with Gasteiger partial charge in [0.25, 0.3) is 0 Å². The van der Waals surface area contributed by atoms with Crippen molar-refractivity contribution in [2.75, 3.05) is 33.4 Å². The Morgan fingerprint density at radius 1 is 1.24 bits per heavy atom. The molecule has 0 fully saturated rings. The number of rotatable bonds is 10. The highest BCUT2D eigenvalue weighted by atomic mass is 32.1. The molecule has 1 aromatic heterocycles. The Labute approximate surface area is 175 Å². The van der Waals surface area contributed by atoms with Crippen molar-refractivity contribution in [1.82, 2.24) is 10.2 Å². The molecule has 29 heavy (non-hydrogen) atoms. The van der Waals surface area contributed by atoms with Gasteiger partial charge < -0.3 is 14.8 Å². The lowest BCUT2D eigenvalue weighted by molar-refractivity contribution is -0.121. The number of carbonyl (C=O) groups excluding carboxylic acids is 2. The number of methoxy groups -OCH3 is 1. The molecule has 6 nitrogen and oxygen atoms in total. The number of thiophene rings is 1. The third kappa shape index (κ3) is 6.05. The fourth-order valence-corrected chi connectivity index (χ4v) is 4.25. The van der Waals surface area contributed by atoms with Crippen molar-refractivity contribution in [3.05, 3.63) is 45.6 Å². The SMILES string of the molecule is COc1cc(C(C)=O)ccc1OCCCC(=O)NCCN1CCc2sccc2C1. The zero-order valence-corrected chi connectivity index (χ0v) is 17.8. The molecule has 7 heteroatoms. The Morgan fingerprint density at radius 3 is 2.90 bits per heavy atom. The predicted molar refractivity (Wildman–Crippen MR) is 114 cm³/mol. The van der Waals surface area contributed by atoms with Crippen LogP contribution in [0.15, 0.2) is 29.6 Å². The van der Waals surface area contributed by atoms with Gasteiger partial charge in [0.15, 0.2) is 17.3 Å². The fourth-order valence-electron chi connectivity index (χ4n) is 3.36. The summed E-state index contributed by atoms with van der Waals surface area (Å²) < 4.78 is 11.0. The van der Waals surface area contributed by atoms with Crippen LogP contribution in [0.3, 0.4) is 0 Å². The molecule has 1 aliphatic rings. The van der Waals surface area contributed by atoms with Crippen molar-refractivity contribution in [1.29, 1.82) is 0 Å². The van der Waals surface area contributed by atoms with Gasteiger partial charge in [-0.2, -0.15) is 0 Å². The van der Waals surface area contributed by atoms with E-state index >= 15 is 0 Å². The van der Waals surface area contributed by atoms with Gasteiger partial charge >= 0.3 is 0 Å². The standard InChI is InChI=1S/C22H28N2O4S/c1-16(25)17-5-6-19(20(14-17)27-2)28-12-3-4-22(26)23-9-11-24-10-7-21-18(15-24)8-13-29-21/h5-6,8,13-14H,3-4,7,9-12,15H2,1-2H3,(H,23,26). The van der Waals surface area contributed by atoms with Crippen molar-refractivity contribution in [3.63, 3.8) is 0 Å². The van der Waals surface area contributed by atoms with E-state index in [1.54, 1.807) is 25.3 Å². The number of ketones is 1. The van der Waals surface area contributed by atoms with Gasteiger partial charge in [-0.3, -0.25) is 14.5 Å². The second-order valence-corrected chi connectivity index (χ2v) is 8.12. The second-order valence-electron chi connectivity index (χ2n) is 7.12. The van der Waals surface area contributed by atoms with E-state index < -0.39 is 0 Å². The first kappa shape index (κ1) is 21.3. The van der Waals surface area contributed by atoms with Gasteiger partial charge in [-0.15, -0.1) is 11.3 Å². The van der Waals surface area contributed by atoms with Crippen LogP contribution in [0.1, 0.15) is 40.6 Å². The van der Waals surface area contributed by atoms with Crippen LogP contribution in [0.2, 0.25) is 0 Å². The van der Waals surface area contributed by atoms with Gasteiger partial charge in [0.2, 0.25) is 5.91 Å². The van der Waals surface area contributed by atoms with Crippen molar-refractivity contribution in [2.45, 2.75) is 32.7 Å². The van der Waals surface area contributed by atoms with E-state index in [4.69, 9.17) is 9.47 Å². The summed E-state index contributed by atoms with van der Waals surface area (Å²) in [7, 11) is 1.54. The van der Waals surface area contributed by atoms with Gasteiger partial charge in [-0.25, -0.2) is 0 Å². The van der Waals surface area contributed by atoms with Crippen LogP contribution in [0.5, 0.6) is 11.5 Å². The molecule has 2 heterocycles. The topological polar surface area (TPSA) is 67.9 Å². The minimum atomic E-state index is -0.0214. The summed E-state index contributed by atoms with van der Waals surface area (Å²) in [6.45, 7) is 5.50. The number of nitrogens with one attached hydrogen (secondary N) is 1. The maximum Gasteiger partial charge on any atom is 0.220 e. The molecule has 2 aromatic rings. The zero-order chi connectivity index (χ0) is 20.6. The minimum Gasteiger partial charge on any atom is -0.493 e. The van der Waals surface area contributed by atoms with Crippen LogP contribution in [0.25, 0.3) is 0 Å². The Balaban J connectivity index is 1.32. The van der Waals surface area contributed by atoms with Gasteiger partial charge in [0.1, 0.15) is 0 Å². The third-order valence-corrected chi connectivity index (χ3v) is 6.04. The lowest BCUT2D eigenvalue weighted by Gasteiger charge is -2.26. The highest BCUT2D eigenvalue weighted by molar-refractivity contribution is 7.10. The fraction of sp³-hybridized carbons (Fsp3) is 0.455. The number of carbonyl (C=O) groups is 2. The molecule has 0 aliphatic carbocycles. The summed E-state index contributed by atoms with van der Waals surface area (Å²) in [6.07, 6.45) is 2.14. The molecule has 156 valence electrons. The monoisotopic (exact) mass is 416 g/mol. The Morgan fingerprint density at radius 2 is 2.10 bits per heavy atom. The first-order chi connectivity index (χ1) is 14.1. The third-order valence-electron chi connectivity index (χ3n) is 5.01. The molecule has 0 unspecified atom stereocenters. The number of nitrogens with zero attached hydrogens (tertiary/aromatic N) is 1. The molecule has 0 atom stereocenters. The van der Waals surface area contributed by atoms with Crippen molar-refractivity contribution < 1.29 is 19.1 Å². The van der Waals surface area contributed by atoms with Crippen LogP contribution in [0.4, 0.5) is 0 Å². The summed E-state index contributed by atoms with van der Waals surface area (Å²) in [5, 5.41) is 5.15. The van der Waals surface area contributed by atoms with Crippen LogP contribution >= 0.6 is 11.3 Å². The van der Waals surface area contributed by atoms with Crippen molar-refractivity contribution in [3.8, 4) is 11.5 Å². The van der Waals surface area contributed by atoms with Crippen molar-refractivity contribution >= 4 is 23.0 Å². The van der Waals surface area contributed by atoms with Gasteiger partial charge in [0, 0.05) is 43.0 Å². The summed E-state index contributed by atoms with van der Waals surface area (Å²) >= 11 is 1.84. The van der Waals surface area contributed by atoms with E-state index in [0.29, 0.717) is 43.1 Å². The molecule has 0 saturated carbocycles.